The van der Waals surface area contributed by atoms with Gasteiger partial charge >= 0.3 is 0 Å². The van der Waals surface area contributed by atoms with Crippen LogP contribution in [0.15, 0.2) is 0 Å². The lowest BCUT2D eigenvalue weighted by atomic mass is 10.4. The number of hydrogen-bond donors (Lipinski definition) is 1. The Morgan fingerprint density at radius 1 is 1.43 bits per heavy atom. The van der Waals surface area contributed by atoms with Crippen LogP contribution in [0.2, 0.25) is 0 Å². The van der Waals surface area contributed by atoms with E-state index in [0.717, 1.165) is 0 Å². The molecule has 0 aliphatic rings. The van der Waals surface area contributed by atoms with E-state index in [-0.39, 0.29) is 0 Å². The summed E-state index contributed by atoms with van der Waals surface area (Å²) in [5.74, 6) is 0. The monoisotopic (exact) mass is 128 g/mol. The van der Waals surface area contributed by atoms with Gasteiger partial charge in [0.25, 0.3) is 0 Å². The number of hydrogen-bond acceptors (Lipinski definition) is 1. The third kappa shape index (κ3) is 2.89. The molecule has 44 valence electrons. The van der Waals surface area contributed by atoms with Gasteiger partial charge in [0.05, 0.1) is 0 Å². The van der Waals surface area contributed by atoms with Gasteiger partial charge in [-0.05, 0) is 0 Å². The minimum Gasteiger partial charge on any atom is -0.380 e. The first-order valence-electron chi connectivity index (χ1n) is 1.75. The summed E-state index contributed by atoms with van der Waals surface area (Å²) in [6.45, 7) is -2.12. The first-order chi connectivity index (χ1) is 3.12. The second-order valence-electron chi connectivity index (χ2n) is 1.37. The van der Waals surface area contributed by atoms with Crippen LogP contribution in [-0.4, -0.2) is 23.8 Å². The maximum Gasteiger partial charge on any atom is 0.134 e. The Labute approximate surface area is 42.9 Å². The normalized spacial score (nSPS) is 12.0. The van der Waals surface area contributed by atoms with Crippen LogP contribution in [0.4, 0.5) is 8.78 Å². The van der Waals surface area contributed by atoms with Crippen LogP contribution in [0.3, 0.4) is 0 Å². The summed E-state index contributed by atoms with van der Waals surface area (Å²) in [6, 6.07) is 0. The van der Waals surface area contributed by atoms with Gasteiger partial charge in [0.15, 0.2) is 0 Å². The quantitative estimate of drug-likeness (QED) is 0.536. The lowest BCUT2D eigenvalue weighted by molar-refractivity contribution is 0.0768. The molecule has 0 amide bonds. The molecule has 0 aromatic rings. The van der Waals surface area contributed by atoms with Gasteiger partial charge in [0, 0.05) is 0 Å². The lowest BCUT2D eigenvalue weighted by Crippen LogP contribution is -2.24. The number of alkyl halides is 2. The smallest absolute Gasteiger partial charge is 0.134 e. The average molecular weight is 128 g/mol. The van der Waals surface area contributed by atoms with Crippen molar-refractivity contribution >= 4 is 9.24 Å². The van der Waals surface area contributed by atoms with E-state index in [1.54, 1.807) is 9.24 Å². The first-order valence-corrected chi connectivity index (χ1v) is 2.33. The summed E-state index contributed by atoms with van der Waals surface area (Å²) in [4.78, 5) is 0. The molecule has 1 unspecified atom stereocenters. The van der Waals surface area contributed by atoms with Crippen molar-refractivity contribution in [2.45, 2.75) is 5.34 Å². The van der Waals surface area contributed by atoms with Gasteiger partial charge in [-0.15, -0.1) is 0 Å². The molecule has 0 heterocycles. The van der Waals surface area contributed by atoms with E-state index in [1.807, 2.05) is 0 Å². The van der Waals surface area contributed by atoms with Crippen LogP contribution >= 0.6 is 9.24 Å². The zero-order chi connectivity index (χ0) is 5.91. The van der Waals surface area contributed by atoms with Crippen molar-refractivity contribution in [3.05, 3.63) is 0 Å². The van der Waals surface area contributed by atoms with E-state index in [9.17, 15) is 8.78 Å². The minimum atomic E-state index is -1.83. The highest BCUT2D eigenvalue weighted by molar-refractivity contribution is 7.18. The fraction of sp³-hybridized carbons (Fsp3) is 1.00. The Morgan fingerprint density at radius 2 is 1.71 bits per heavy atom. The Balaban J connectivity index is 3.36. The highest BCUT2D eigenvalue weighted by atomic mass is 31.0. The lowest BCUT2D eigenvalue weighted by Gasteiger charge is -2.11. The van der Waals surface area contributed by atoms with Gasteiger partial charge in [-0.1, -0.05) is 9.24 Å². The molecule has 0 spiro atoms. The Bertz CT molecular complexity index is 50.9. The Hall–Kier alpha value is 0.250. The van der Waals surface area contributed by atoms with Crippen LogP contribution in [-0.2, 0) is 0 Å². The predicted octanol–water partition coefficient (Wildman–Crippen LogP) is 0.489. The molecular weight excluding hydrogens is 121 g/mol. The van der Waals surface area contributed by atoms with Gasteiger partial charge in [-0.25, -0.2) is 8.78 Å². The zero-order valence-electron chi connectivity index (χ0n) is 3.69. The molecular formula is C3H7F2OP. The Morgan fingerprint density at radius 3 is 1.71 bits per heavy atom. The molecule has 1 nitrogen and oxygen atoms in total. The summed E-state index contributed by atoms with van der Waals surface area (Å²) in [6.07, 6.45) is 0. The van der Waals surface area contributed by atoms with Crippen LogP contribution in [0, 0.1) is 0 Å². The molecule has 0 bridgehead atoms. The van der Waals surface area contributed by atoms with Crippen molar-refractivity contribution in [1.82, 2.24) is 0 Å². The molecule has 0 fully saturated rings. The largest absolute Gasteiger partial charge is 0.380 e. The SMILES string of the molecule is OC(P)(CF)CF. The zero-order valence-corrected chi connectivity index (χ0v) is 4.85. The Kier molecular flexibility index (Phi) is 2.62. The number of halogens is 2. The highest BCUT2D eigenvalue weighted by Crippen LogP contribution is 2.14. The van der Waals surface area contributed by atoms with Crippen molar-refractivity contribution in [2.24, 2.45) is 0 Å². The number of aliphatic hydroxyl groups is 1. The summed E-state index contributed by atoms with van der Waals surface area (Å²) in [5.41, 5.74) is 0. The third-order valence-corrected chi connectivity index (χ3v) is 0.771. The van der Waals surface area contributed by atoms with Crippen molar-refractivity contribution in [3.63, 3.8) is 0 Å². The first kappa shape index (κ1) is 7.25. The topological polar surface area (TPSA) is 20.2 Å². The van der Waals surface area contributed by atoms with E-state index in [1.165, 1.54) is 0 Å². The van der Waals surface area contributed by atoms with Crippen molar-refractivity contribution in [1.29, 1.82) is 0 Å². The van der Waals surface area contributed by atoms with Gasteiger partial charge in [-0.2, -0.15) is 0 Å². The molecule has 0 saturated carbocycles. The summed E-state index contributed by atoms with van der Waals surface area (Å²) < 4.78 is 22.5. The summed E-state index contributed by atoms with van der Waals surface area (Å²) in [7, 11) is 1.67. The molecule has 7 heavy (non-hydrogen) atoms. The maximum atomic E-state index is 11.3. The second kappa shape index (κ2) is 2.53. The fourth-order valence-electron chi connectivity index (χ4n) is 0.0357. The van der Waals surface area contributed by atoms with Gasteiger partial charge < -0.3 is 5.11 Å². The van der Waals surface area contributed by atoms with Gasteiger partial charge in [0.1, 0.15) is 18.7 Å². The molecule has 1 atom stereocenters. The number of rotatable bonds is 2. The van der Waals surface area contributed by atoms with Crippen molar-refractivity contribution in [3.8, 4) is 0 Å². The van der Waals surface area contributed by atoms with Crippen LogP contribution in [0.1, 0.15) is 0 Å². The molecule has 0 saturated heterocycles. The van der Waals surface area contributed by atoms with Crippen LogP contribution in [0.25, 0.3) is 0 Å². The molecule has 4 heteroatoms. The molecule has 0 aromatic carbocycles. The second-order valence-corrected chi connectivity index (χ2v) is 2.45. The van der Waals surface area contributed by atoms with E-state index in [0.29, 0.717) is 0 Å². The molecule has 0 radical (unpaired) electrons. The highest BCUT2D eigenvalue weighted by Gasteiger charge is 2.18. The van der Waals surface area contributed by atoms with Crippen LogP contribution < -0.4 is 0 Å². The molecule has 1 N–H and O–H groups in total. The van der Waals surface area contributed by atoms with Gasteiger partial charge in [0.2, 0.25) is 0 Å². The van der Waals surface area contributed by atoms with Gasteiger partial charge in [-0.3, -0.25) is 0 Å². The van der Waals surface area contributed by atoms with Crippen molar-refractivity contribution in [2.75, 3.05) is 13.3 Å². The average Bonchev–Trinajstić information content (AvgIpc) is 1.68. The van der Waals surface area contributed by atoms with E-state index in [2.05, 4.69) is 0 Å². The van der Waals surface area contributed by atoms with E-state index in [4.69, 9.17) is 5.11 Å². The summed E-state index contributed by atoms with van der Waals surface area (Å²) >= 11 is 0. The van der Waals surface area contributed by atoms with Crippen molar-refractivity contribution < 1.29 is 13.9 Å². The summed E-state index contributed by atoms with van der Waals surface area (Å²) in [5, 5.41) is 6.51. The predicted molar refractivity (Wildman–Crippen MR) is 26.6 cm³/mol. The molecule has 0 aliphatic heterocycles. The maximum absolute atomic E-state index is 11.3. The van der Waals surface area contributed by atoms with Crippen LogP contribution in [0.5, 0.6) is 0 Å². The minimum absolute atomic E-state index is 1.06. The molecule has 0 rings (SSSR count). The molecule has 0 aromatic heterocycles. The van der Waals surface area contributed by atoms with E-state index >= 15 is 0 Å². The third-order valence-electron chi connectivity index (χ3n) is 0.463. The standard InChI is InChI=1S/C3H7F2OP/c4-1-3(6,7)2-5/h6H,1-2,7H2. The molecule has 0 aliphatic carbocycles. The fourth-order valence-corrected chi connectivity index (χ4v) is 0.0357. The van der Waals surface area contributed by atoms with E-state index < -0.39 is 18.7 Å².